The summed E-state index contributed by atoms with van der Waals surface area (Å²) in [5.41, 5.74) is 1.92. The van der Waals surface area contributed by atoms with E-state index in [0.29, 0.717) is 37.4 Å². The molecule has 0 spiro atoms. The van der Waals surface area contributed by atoms with E-state index < -0.39 is 0 Å². The summed E-state index contributed by atoms with van der Waals surface area (Å²) in [5, 5.41) is 11.9. The van der Waals surface area contributed by atoms with Crippen LogP contribution in [0, 0.1) is 17.1 Å². The molecule has 1 heterocycles. The number of nitrogens with one attached hydrogen (secondary N) is 1. The average molecular weight is 353 g/mol. The Morgan fingerprint density at radius 2 is 2.04 bits per heavy atom. The smallest absolute Gasteiger partial charge is 0.225 e. The van der Waals surface area contributed by atoms with Crippen molar-refractivity contribution >= 4 is 11.6 Å². The molecule has 2 aromatic rings. The van der Waals surface area contributed by atoms with Crippen molar-refractivity contribution in [1.82, 2.24) is 4.90 Å². The molecule has 26 heavy (non-hydrogen) atoms. The summed E-state index contributed by atoms with van der Waals surface area (Å²) < 4.78 is 18.8. The average Bonchev–Trinajstić information content (AvgIpc) is 2.67. The number of rotatable bonds is 5. The molecule has 1 saturated heterocycles. The number of nitrogens with zero attached hydrogens (tertiary/aromatic N) is 2. The van der Waals surface area contributed by atoms with Crippen LogP contribution in [0.1, 0.15) is 23.7 Å². The zero-order valence-corrected chi connectivity index (χ0v) is 14.3. The predicted octanol–water partition coefficient (Wildman–Crippen LogP) is 3.10. The number of para-hydroxylation sites is 1. The van der Waals surface area contributed by atoms with Crippen molar-refractivity contribution in [3.63, 3.8) is 0 Å². The van der Waals surface area contributed by atoms with Crippen LogP contribution in [-0.4, -0.2) is 37.0 Å². The molecule has 5 nitrogen and oxygen atoms in total. The number of carbonyl (C=O) groups is 1. The molecule has 0 bridgehead atoms. The lowest BCUT2D eigenvalue weighted by Gasteiger charge is -2.33. The summed E-state index contributed by atoms with van der Waals surface area (Å²) in [6.45, 7) is 2.58. The minimum Gasteiger partial charge on any atom is -0.371 e. The third-order valence-electron chi connectivity index (χ3n) is 4.37. The van der Waals surface area contributed by atoms with Crippen LogP contribution in [0.15, 0.2) is 48.5 Å². The second-order valence-electron chi connectivity index (χ2n) is 6.17. The minimum atomic E-state index is -0.268. The van der Waals surface area contributed by atoms with Crippen molar-refractivity contribution in [3.05, 3.63) is 65.5 Å². The summed E-state index contributed by atoms with van der Waals surface area (Å²) in [6.07, 6.45) is 0.210. The van der Waals surface area contributed by atoms with Gasteiger partial charge in [-0.2, -0.15) is 5.26 Å². The lowest BCUT2D eigenvalue weighted by Crippen LogP contribution is -2.39. The predicted molar refractivity (Wildman–Crippen MR) is 95.9 cm³/mol. The number of hydrogen-bond donors (Lipinski definition) is 1. The largest absolute Gasteiger partial charge is 0.371 e. The molecule has 0 aromatic heterocycles. The van der Waals surface area contributed by atoms with Gasteiger partial charge in [0.1, 0.15) is 11.9 Å². The molecule has 1 aliphatic rings. The summed E-state index contributed by atoms with van der Waals surface area (Å²) in [4.78, 5) is 14.4. The van der Waals surface area contributed by atoms with Crippen LogP contribution in [0.5, 0.6) is 0 Å². The van der Waals surface area contributed by atoms with Crippen LogP contribution in [-0.2, 0) is 9.53 Å². The molecule has 1 N–H and O–H groups in total. The molecule has 0 aliphatic carbocycles. The molecule has 6 heteroatoms. The number of halogens is 1. The van der Waals surface area contributed by atoms with E-state index in [-0.39, 0.29) is 17.8 Å². The Kier molecular flexibility index (Phi) is 5.95. The summed E-state index contributed by atoms with van der Waals surface area (Å²) in [6, 6.07) is 15.3. The highest BCUT2D eigenvalue weighted by Gasteiger charge is 2.22. The van der Waals surface area contributed by atoms with Gasteiger partial charge < -0.3 is 10.1 Å². The van der Waals surface area contributed by atoms with Gasteiger partial charge in [-0.15, -0.1) is 0 Å². The Morgan fingerprint density at radius 1 is 1.27 bits per heavy atom. The lowest BCUT2D eigenvalue weighted by molar-refractivity contribution is -0.117. The van der Waals surface area contributed by atoms with Gasteiger partial charge in [0.05, 0.1) is 24.0 Å². The van der Waals surface area contributed by atoms with Gasteiger partial charge in [-0.1, -0.05) is 24.3 Å². The number of benzene rings is 2. The van der Waals surface area contributed by atoms with Crippen LogP contribution in [0.4, 0.5) is 10.1 Å². The molecule has 0 unspecified atom stereocenters. The van der Waals surface area contributed by atoms with E-state index in [1.54, 1.807) is 36.4 Å². The van der Waals surface area contributed by atoms with Gasteiger partial charge >= 0.3 is 0 Å². The van der Waals surface area contributed by atoms with Crippen LogP contribution in [0.3, 0.4) is 0 Å². The molecule has 1 amide bonds. The Labute approximate surface area is 152 Å². The summed E-state index contributed by atoms with van der Waals surface area (Å²) in [5.74, 6) is -0.395. The van der Waals surface area contributed by atoms with Gasteiger partial charge in [-0.3, -0.25) is 9.69 Å². The Balaban J connectivity index is 1.52. The number of anilines is 1. The molecule has 0 saturated carbocycles. The third-order valence-corrected chi connectivity index (χ3v) is 4.37. The SMILES string of the molecule is N#Cc1ccccc1NC(=O)CCN1CCO[C@@H](c2ccc(F)cc2)C1. The van der Waals surface area contributed by atoms with Crippen LogP contribution in [0.2, 0.25) is 0 Å². The minimum absolute atomic E-state index is 0.119. The Hall–Kier alpha value is -2.75. The number of ether oxygens (including phenoxy) is 1. The highest BCUT2D eigenvalue weighted by atomic mass is 19.1. The van der Waals surface area contributed by atoms with Crippen LogP contribution in [0.25, 0.3) is 0 Å². The fourth-order valence-electron chi connectivity index (χ4n) is 2.95. The van der Waals surface area contributed by atoms with Crippen molar-refractivity contribution in [2.24, 2.45) is 0 Å². The number of nitriles is 1. The monoisotopic (exact) mass is 353 g/mol. The van der Waals surface area contributed by atoms with Crippen molar-refractivity contribution in [2.75, 3.05) is 31.6 Å². The third kappa shape index (κ3) is 4.66. The molecular weight excluding hydrogens is 333 g/mol. The molecule has 3 rings (SSSR count). The zero-order chi connectivity index (χ0) is 18.4. The maximum Gasteiger partial charge on any atom is 0.225 e. The van der Waals surface area contributed by atoms with E-state index in [2.05, 4.69) is 16.3 Å². The second-order valence-corrected chi connectivity index (χ2v) is 6.17. The first-order valence-corrected chi connectivity index (χ1v) is 8.54. The fourth-order valence-corrected chi connectivity index (χ4v) is 2.95. The topological polar surface area (TPSA) is 65.4 Å². The van der Waals surface area contributed by atoms with E-state index in [4.69, 9.17) is 10.00 Å². The summed E-state index contributed by atoms with van der Waals surface area (Å²) in [7, 11) is 0. The van der Waals surface area contributed by atoms with E-state index in [1.807, 2.05) is 0 Å². The quantitative estimate of drug-likeness (QED) is 0.897. The molecule has 0 radical (unpaired) electrons. The zero-order valence-electron chi connectivity index (χ0n) is 14.3. The summed E-state index contributed by atoms with van der Waals surface area (Å²) >= 11 is 0. The van der Waals surface area contributed by atoms with Gasteiger partial charge in [0.25, 0.3) is 0 Å². The number of hydrogen-bond acceptors (Lipinski definition) is 4. The highest BCUT2D eigenvalue weighted by Crippen LogP contribution is 2.22. The van der Waals surface area contributed by atoms with E-state index in [0.717, 1.165) is 12.1 Å². The van der Waals surface area contributed by atoms with E-state index in [9.17, 15) is 9.18 Å². The van der Waals surface area contributed by atoms with E-state index in [1.165, 1.54) is 12.1 Å². The van der Waals surface area contributed by atoms with Crippen LogP contribution >= 0.6 is 0 Å². The maximum absolute atomic E-state index is 13.1. The van der Waals surface area contributed by atoms with Gasteiger partial charge in [0, 0.05) is 26.1 Å². The number of morpholine rings is 1. The number of carbonyl (C=O) groups excluding carboxylic acids is 1. The van der Waals surface area contributed by atoms with Gasteiger partial charge in [-0.25, -0.2) is 4.39 Å². The van der Waals surface area contributed by atoms with Crippen molar-refractivity contribution in [2.45, 2.75) is 12.5 Å². The molecule has 134 valence electrons. The Bertz CT molecular complexity index is 801. The number of amides is 1. The van der Waals surface area contributed by atoms with E-state index >= 15 is 0 Å². The highest BCUT2D eigenvalue weighted by molar-refractivity contribution is 5.92. The van der Waals surface area contributed by atoms with Gasteiger partial charge in [0.2, 0.25) is 5.91 Å². The maximum atomic E-state index is 13.1. The molecule has 1 aliphatic heterocycles. The molecule has 1 atom stereocenters. The first kappa shape index (κ1) is 18.1. The molecular formula is C20H20FN3O2. The lowest BCUT2D eigenvalue weighted by atomic mass is 10.1. The van der Waals surface area contributed by atoms with Crippen molar-refractivity contribution in [3.8, 4) is 6.07 Å². The first-order chi connectivity index (χ1) is 12.7. The molecule has 2 aromatic carbocycles. The van der Waals surface area contributed by atoms with Gasteiger partial charge in [0.15, 0.2) is 0 Å². The van der Waals surface area contributed by atoms with Gasteiger partial charge in [-0.05, 0) is 29.8 Å². The molecule has 1 fully saturated rings. The first-order valence-electron chi connectivity index (χ1n) is 8.54. The standard InChI is InChI=1S/C20H20FN3O2/c21-17-7-5-15(6-8-17)19-14-24(11-12-26-19)10-9-20(25)23-18-4-2-1-3-16(18)13-22/h1-8,19H,9-12,14H2,(H,23,25)/t19-/m1/s1. The Morgan fingerprint density at radius 3 is 2.81 bits per heavy atom. The van der Waals surface area contributed by atoms with Crippen molar-refractivity contribution in [1.29, 1.82) is 5.26 Å². The fraction of sp³-hybridized carbons (Fsp3) is 0.300. The normalized spacial score (nSPS) is 17.5. The second kappa shape index (κ2) is 8.56. The van der Waals surface area contributed by atoms with Crippen LogP contribution < -0.4 is 5.32 Å². The van der Waals surface area contributed by atoms with Crippen molar-refractivity contribution < 1.29 is 13.9 Å².